The van der Waals surface area contributed by atoms with E-state index in [1.807, 2.05) is 0 Å². The average molecular weight is 283 g/mol. The summed E-state index contributed by atoms with van der Waals surface area (Å²) in [4.78, 5) is 22.4. The van der Waals surface area contributed by atoms with Crippen molar-refractivity contribution in [3.8, 4) is 11.5 Å². The van der Waals surface area contributed by atoms with Crippen LogP contribution in [0.25, 0.3) is 0 Å². The molecule has 1 aromatic rings. The number of carboxylic acid groups (broad SMARTS) is 1. The summed E-state index contributed by atoms with van der Waals surface area (Å²) in [6.07, 6.45) is -1.21. The van der Waals surface area contributed by atoms with Crippen LogP contribution in [0.4, 0.5) is 0 Å². The smallest absolute Gasteiger partial charge is 0.328 e. The van der Waals surface area contributed by atoms with Gasteiger partial charge in [-0.2, -0.15) is 0 Å². The Morgan fingerprint density at radius 1 is 1.30 bits per heavy atom. The lowest BCUT2D eigenvalue weighted by atomic mass is 10.2. The minimum Gasteiger partial charge on any atom is -0.493 e. The molecule has 0 saturated carbocycles. The minimum absolute atomic E-state index is 0.370. The zero-order chi connectivity index (χ0) is 15.1. The van der Waals surface area contributed by atoms with Gasteiger partial charge in [0.1, 0.15) is 0 Å². The van der Waals surface area contributed by atoms with Crippen molar-refractivity contribution in [2.45, 2.75) is 19.1 Å². The standard InChI is InChI=1S/C13H17NO6/c1-8(15)12(13(17)18)14-11(16)7-20-10-6-4-3-5-9(10)19-2/h3-6,8,12,15H,7H2,1-2H3,(H,14,16)(H,17,18)/t8-,12+/m1/s1. The quantitative estimate of drug-likeness (QED) is 0.652. The van der Waals surface area contributed by atoms with Gasteiger partial charge in [-0.25, -0.2) is 4.79 Å². The SMILES string of the molecule is COc1ccccc1OCC(=O)N[C@H](C(=O)O)[C@@H](C)O. The summed E-state index contributed by atoms with van der Waals surface area (Å²) >= 11 is 0. The van der Waals surface area contributed by atoms with Crippen molar-refractivity contribution < 1.29 is 29.3 Å². The summed E-state index contributed by atoms with van der Waals surface area (Å²) < 4.78 is 10.3. The van der Waals surface area contributed by atoms with Crippen LogP contribution in [0.1, 0.15) is 6.92 Å². The number of nitrogens with one attached hydrogen (secondary N) is 1. The molecule has 7 nitrogen and oxygen atoms in total. The van der Waals surface area contributed by atoms with Crippen LogP contribution in [-0.2, 0) is 9.59 Å². The van der Waals surface area contributed by atoms with Crippen molar-refractivity contribution in [1.29, 1.82) is 0 Å². The fourth-order valence-corrected chi connectivity index (χ4v) is 1.49. The second kappa shape index (κ2) is 7.34. The second-order valence-electron chi connectivity index (χ2n) is 4.06. The first-order valence-corrected chi connectivity index (χ1v) is 5.91. The molecule has 0 heterocycles. The summed E-state index contributed by atoms with van der Waals surface area (Å²) in [6, 6.07) is 5.38. The van der Waals surface area contributed by atoms with Gasteiger partial charge < -0.3 is 25.0 Å². The number of amides is 1. The Morgan fingerprint density at radius 2 is 1.90 bits per heavy atom. The molecule has 0 bridgehead atoms. The molecule has 2 atom stereocenters. The first-order chi connectivity index (χ1) is 9.45. The highest BCUT2D eigenvalue weighted by molar-refractivity contribution is 5.84. The third-order valence-corrected chi connectivity index (χ3v) is 2.49. The fraction of sp³-hybridized carbons (Fsp3) is 0.385. The molecule has 20 heavy (non-hydrogen) atoms. The van der Waals surface area contributed by atoms with E-state index < -0.39 is 24.0 Å². The third kappa shape index (κ3) is 4.43. The van der Waals surface area contributed by atoms with Crippen molar-refractivity contribution in [3.05, 3.63) is 24.3 Å². The summed E-state index contributed by atoms with van der Waals surface area (Å²) in [5.74, 6) is -1.13. The highest BCUT2D eigenvalue weighted by atomic mass is 16.5. The van der Waals surface area contributed by atoms with Crippen LogP contribution in [0.2, 0.25) is 0 Å². The molecule has 0 saturated heterocycles. The van der Waals surface area contributed by atoms with E-state index >= 15 is 0 Å². The number of carboxylic acids is 1. The average Bonchev–Trinajstić information content (AvgIpc) is 2.42. The van der Waals surface area contributed by atoms with Crippen LogP contribution >= 0.6 is 0 Å². The monoisotopic (exact) mass is 283 g/mol. The van der Waals surface area contributed by atoms with Crippen LogP contribution in [0.15, 0.2) is 24.3 Å². The Hall–Kier alpha value is -2.28. The molecule has 0 radical (unpaired) electrons. The van der Waals surface area contributed by atoms with E-state index in [1.165, 1.54) is 14.0 Å². The van der Waals surface area contributed by atoms with Gasteiger partial charge in [-0.3, -0.25) is 4.79 Å². The number of aliphatic hydroxyl groups is 1. The molecular weight excluding hydrogens is 266 g/mol. The van der Waals surface area contributed by atoms with Crippen molar-refractivity contribution in [2.75, 3.05) is 13.7 Å². The van der Waals surface area contributed by atoms with Gasteiger partial charge >= 0.3 is 5.97 Å². The summed E-state index contributed by atoms with van der Waals surface area (Å²) in [6.45, 7) is 0.900. The molecule has 1 rings (SSSR count). The zero-order valence-corrected chi connectivity index (χ0v) is 11.2. The predicted molar refractivity (Wildman–Crippen MR) is 69.7 cm³/mol. The van der Waals surface area contributed by atoms with Crippen LogP contribution in [-0.4, -0.2) is 48.0 Å². The first-order valence-electron chi connectivity index (χ1n) is 5.91. The summed E-state index contributed by atoms with van der Waals surface area (Å²) in [5.41, 5.74) is 0. The number of hydrogen-bond acceptors (Lipinski definition) is 5. The number of benzene rings is 1. The Morgan fingerprint density at radius 3 is 2.40 bits per heavy atom. The molecule has 0 spiro atoms. The third-order valence-electron chi connectivity index (χ3n) is 2.49. The number of para-hydroxylation sites is 2. The predicted octanol–water partition coefficient (Wildman–Crippen LogP) is 0.0242. The molecule has 0 aliphatic rings. The maximum absolute atomic E-state index is 11.6. The minimum atomic E-state index is -1.37. The van der Waals surface area contributed by atoms with Crippen molar-refractivity contribution in [2.24, 2.45) is 0 Å². The van der Waals surface area contributed by atoms with E-state index in [-0.39, 0.29) is 6.61 Å². The molecule has 1 amide bonds. The largest absolute Gasteiger partial charge is 0.493 e. The lowest BCUT2D eigenvalue weighted by Gasteiger charge is -2.17. The number of carbonyl (C=O) groups excluding carboxylic acids is 1. The van der Waals surface area contributed by atoms with Gasteiger partial charge in [-0.1, -0.05) is 12.1 Å². The molecule has 0 fully saturated rings. The Labute approximate surface area is 116 Å². The zero-order valence-electron chi connectivity index (χ0n) is 11.2. The van der Waals surface area contributed by atoms with Crippen molar-refractivity contribution in [3.63, 3.8) is 0 Å². The number of rotatable bonds is 7. The van der Waals surface area contributed by atoms with E-state index in [0.29, 0.717) is 11.5 Å². The van der Waals surface area contributed by atoms with E-state index in [0.717, 1.165) is 0 Å². The summed E-state index contributed by atoms with van der Waals surface area (Å²) in [7, 11) is 1.47. The molecular formula is C13H17NO6. The number of ether oxygens (including phenoxy) is 2. The van der Waals surface area contributed by atoms with Gasteiger partial charge in [-0.05, 0) is 19.1 Å². The maximum Gasteiger partial charge on any atom is 0.328 e. The van der Waals surface area contributed by atoms with E-state index in [1.54, 1.807) is 24.3 Å². The molecule has 0 unspecified atom stereocenters. The van der Waals surface area contributed by atoms with Gasteiger partial charge in [0.2, 0.25) is 0 Å². The molecule has 7 heteroatoms. The van der Waals surface area contributed by atoms with Crippen LogP contribution in [0.3, 0.4) is 0 Å². The van der Waals surface area contributed by atoms with E-state index in [2.05, 4.69) is 5.32 Å². The number of methoxy groups -OCH3 is 1. The van der Waals surface area contributed by atoms with E-state index in [9.17, 15) is 14.7 Å². The van der Waals surface area contributed by atoms with Crippen LogP contribution < -0.4 is 14.8 Å². The fourth-order valence-electron chi connectivity index (χ4n) is 1.49. The summed E-state index contributed by atoms with van der Waals surface area (Å²) in [5, 5.41) is 20.2. The maximum atomic E-state index is 11.6. The van der Waals surface area contributed by atoms with Crippen LogP contribution in [0.5, 0.6) is 11.5 Å². The van der Waals surface area contributed by atoms with Crippen molar-refractivity contribution in [1.82, 2.24) is 5.32 Å². The molecule has 110 valence electrons. The van der Waals surface area contributed by atoms with E-state index in [4.69, 9.17) is 14.6 Å². The highest BCUT2D eigenvalue weighted by Gasteiger charge is 2.25. The number of carbonyl (C=O) groups is 2. The number of aliphatic carboxylic acids is 1. The normalized spacial score (nSPS) is 13.2. The molecule has 1 aromatic carbocycles. The molecule has 0 aromatic heterocycles. The van der Waals surface area contributed by atoms with Crippen molar-refractivity contribution >= 4 is 11.9 Å². The Kier molecular flexibility index (Phi) is 5.79. The van der Waals surface area contributed by atoms with Gasteiger partial charge in [0.05, 0.1) is 13.2 Å². The molecule has 0 aliphatic carbocycles. The molecule has 3 N–H and O–H groups in total. The number of aliphatic hydroxyl groups excluding tert-OH is 1. The Bertz CT molecular complexity index is 474. The molecule has 0 aliphatic heterocycles. The lowest BCUT2D eigenvalue weighted by molar-refractivity contribution is -0.145. The van der Waals surface area contributed by atoms with Crippen LogP contribution in [0, 0.1) is 0 Å². The topological polar surface area (TPSA) is 105 Å². The van der Waals surface area contributed by atoms with Gasteiger partial charge in [0.15, 0.2) is 24.1 Å². The van der Waals surface area contributed by atoms with Gasteiger partial charge in [-0.15, -0.1) is 0 Å². The number of hydrogen-bond donors (Lipinski definition) is 3. The first kappa shape index (κ1) is 15.8. The Balaban J connectivity index is 2.57. The van der Waals surface area contributed by atoms with Gasteiger partial charge in [0.25, 0.3) is 5.91 Å². The lowest BCUT2D eigenvalue weighted by Crippen LogP contribution is -2.49. The highest BCUT2D eigenvalue weighted by Crippen LogP contribution is 2.25. The van der Waals surface area contributed by atoms with Gasteiger partial charge in [0, 0.05) is 0 Å². The second-order valence-corrected chi connectivity index (χ2v) is 4.06.